The molecular formula is C14H20N4O2S. The van der Waals surface area contributed by atoms with Gasteiger partial charge in [-0.3, -0.25) is 4.90 Å². The molecule has 1 aromatic carbocycles. The Morgan fingerprint density at radius 1 is 1.14 bits per heavy atom. The number of piperazine rings is 1. The minimum atomic E-state index is -3.52. The van der Waals surface area contributed by atoms with E-state index in [4.69, 9.17) is 5.73 Å². The Hall–Kier alpha value is -1.44. The summed E-state index contributed by atoms with van der Waals surface area (Å²) in [5.41, 5.74) is 6.26. The van der Waals surface area contributed by atoms with Crippen molar-refractivity contribution in [1.82, 2.24) is 9.80 Å². The monoisotopic (exact) mass is 308 g/mol. The molecule has 0 bridgehead atoms. The second-order valence-corrected chi connectivity index (χ2v) is 6.93. The number of sulfonamides is 1. The highest BCUT2D eigenvalue weighted by Gasteiger charge is 2.32. The first-order valence-corrected chi connectivity index (χ1v) is 8.67. The van der Waals surface area contributed by atoms with Crippen molar-refractivity contribution in [2.45, 2.75) is 11.3 Å². The van der Waals surface area contributed by atoms with Gasteiger partial charge in [-0.2, -0.15) is 8.42 Å². The quantitative estimate of drug-likeness (QED) is 0.857. The molecule has 2 N–H and O–H groups in total. The fourth-order valence-electron chi connectivity index (χ4n) is 2.81. The third-order valence-corrected chi connectivity index (χ3v) is 5.29. The first kappa shape index (κ1) is 14.5. The van der Waals surface area contributed by atoms with Crippen molar-refractivity contribution in [3.63, 3.8) is 0 Å². The fourth-order valence-corrected chi connectivity index (χ4v) is 4.04. The molecule has 7 heteroatoms. The molecular weight excluding hydrogens is 288 g/mol. The van der Waals surface area contributed by atoms with Gasteiger partial charge in [-0.1, -0.05) is 12.1 Å². The van der Waals surface area contributed by atoms with Crippen LogP contribution < -0.4 is 5.73 Å². The molecule has 2 aliphatic rings. The number of hydrogen-bond acceptors (Lipinski definition) is 5. The number of hydrogen-bond donors (Lipinski definition) is 1. The minimum absolute atomic E-state index is 0.325. The number of amidine groups is 1. The van der Waals surface area contributed by atoms with E-state index in [0.717, 1.165) is 44.7 Å². The highest BCUT2D eigenvalue weighted by Crippen LogP contribution is 2.27. The van der Waals surface area contributed by atoms with Gasteiger partial charge in [-0.05, 0) is 31.6 Å². The summed E-state index contributed by atoms with van der Waals surface area (Å²) in [7, 11) is -3.52. The van der Waals surface area contributed by atoms with E-state index < -0.39 is 10.0 Å². The molecule has 0 aromatic heterocycles. The minimum Gasteiger partial charge on any atom is -0.353 e. The first-order valence-electron chi connectivity index (χ1n) is 7.23. The van der Waals surface area contributed by atoms with Crippen molar-refractivity contribution in [3.05, 3.63) is 29.8 Å². The number of nitrogens with two attached hydrogens (primary N) is 1. The Morgan fingerprint density at radius 3 is 2.57 bits per heavy atom. The highest BCUT2D eigenvalue weighted by atomic mass is 32.2. The SMILES string of the molecule is NCCCN1CCN(C2=NS(=O)(=O)c3ccccc32)CC1. The maximum atomic E-state index is 12.1. The van der Waals surface area contributed by atoms with Crippen LogP contribution in [0.3, 0.4) is 0 Å². The molecule has 21 heavy (non-hydrogen) atoms. The first-order chi connectivity index (χ1) is 10.1. The molecule has 0 unspecified atom stereocenters. The lowest BCUT2D eigenvalue weighted by atomic mass is 10.1. The normalized spacial score (nSPS) is 21.2. The lowest BCUT2D eigenvalue weighted by Gasteiger charge is -2.35. The predicted molar refractivity (Wildman–Crippen MR) is 81.8 cm³/mol. The van der Waals surface area contributed by atoms with Crippen LogP contribution in [0.5, 0.6) is 0 Å². The van der Waals surface area contributed by atoms with E-state index in [1.807, 2.05) is 12.1 Å². The van der Waals surface area contributed by atoms with Crippen LogP contribution >= 0.6 is 0 Å². The molecule has 3 rings (SSSR count). The van der Waals surface area contributed by atoms with Crippen LogP contribution in [0.15, 0.2) is 33.6 Å². The molecule has 1 aromatic rings. The lowest BCUT2D eigenvalue weighted by Crippen LogP contribution is -2.49. The molecule has 0 radical (unpaired) electrons. The number of fused-ring (bicyclic) bond motifs is 1. The summed E-state index contributed by atoms with van der Waals surface area (Å²) in [6, 6.07) is 7.05. The van der Waals surface area contributed by atoms with Crippen molar-refractivity contribution < 1.29 is 8.42 Å². The zero-order valence-corrected chi connectivity index (χ0v) is 12.7. The molecule has 114 valence electrons. The summed E-state index contributed by atoms with van der Waals surface area (Å²) in [5, 5.41) is 0. The molecule has 1 fully saturated rings. The summed E-state index contributed by atoms with van der Waals surface area (Å²) in [6.45, 7) is 5.15. The van der Waals surface area contributed by atoms with E-state index in [-0.39, 0.29) is 0 Å². The van der Waals surface area contributed by atoms with Crippen LogP contribution in [0.2, 0.25) is 0 Å². The Bertz CT molecular complexity index is 649. The molecule has 0 atom stereocenters. The van der Waals surface area contributed by atoms with Crippen LogP contribution in [0.1, 0.15) is 12.0 Å². The summed E-state index contributed by atoms with van der Waals surface area (Å²) in [5.74, 6) is 0.601. The number of benzene rings is 1. The van der Waals surface area contributed by atoms with Gasteiger partial charge >= 0.3 is 0 Å². The van der Waals surface area contributed by atoms with Crippen molar-refractivity contribution in [1.29, 1.82) is 0 Å². The Kier molecular flexibility index (Phi) is 3.97. The summed E-state index contributed by atoms with van der Waals surface area (Å²) >= 11 is 0. The van der Waals surface area contributed by atoms with Gasteiger partial charge in [0.2, 0.25) is 0 Å². The summed E-state index contributed by atoms with van der Waals surface area (Å²) < 4.78 is 28.1. The van der Waals surface area contributed by atoms with Crippen LogP contribution in [0.25, 0.3) is 0 Å². The summed E-state index contributed by atoms with van der Waals surface area (Å²) in [6.07, 6.45) is 0.998. The lowest BCUT2D eigenvalue weighted by molar-refractivity contribution is 0.182. The standard InChI is InChI=1S/C14H20N4O2S/c15-6-3-7-17-8-10-18(11-9-17)14-12-4-1-2-5-13(12)21(19,20)16-14/h1-2,4-5H,3,6-11,15H2. The van der Waals surface area contributed by atoms with Gasteiger partial charge in [-0.15, -0.1) is 4.40 Å². The molecule has 0 saturated carbocycles. The van der Waals surface area contributed by atoms with Crippen LogP contribution in [0.4, 0.5) is 0 Å². The van der Waals surface area contributed by atoms with Gasteiger partial charge in [0.1, 0.15) is 4.90 Å². The smallest absolute Gasteiger partial charge is 0.285 e. The molecule has 2 aliphatic heterocycles. The van der Waals surface area contributed by atoms with Crippen LogP contribution in [-0.2, 0) is 10.0 Å². The largest absolute Gasteiger partial charge is 0.353 e. The Morgan fingerprint density at radius 2 is 1.86 bits per heavy atom. The molecule has 0 aliphatic carbocycles. The third-order valence-electron chi connectivity index (χ3n) is 3.96. The highest BCUT2D eigenvalue weighted by molar-refractivity contribution is 7.90. The van der Waals surface area contributed by atoms with Gasteiger partial charge in [-0.25, -0.2) is 0 Å². The predicted octanol–water partition coefficient (Wildman–Crippen LogP) is 0.102. The molecule has 2 heterocycles. The van der Waals surface area contributed by atoms with E-state index in [0.29, 0.717) is 17.3 Å². The molecule has 1 saturated heterocycles. The van der Waals surface area contributed by atoms with E-state index in [2.05, 4.69) is 14.2 Å². The number of rotatable bonds is 3. The Balaban J connectivity index is 1.75. The zero-order valence-electron chi connectivity index (χ0n) is 11.9. The van der Waals surface area contributed by atoms with Gasteiger partial charge in [0.25, 0.3) is 10.0 Å². The van der Waals surface area contributed by atoms with Gasteiger partial charge in [0, 0.05) is 31.7 Å². The number of nitrogens with zero attached hydrogens (tertiary/aromatic N) is 3. The molecule has 0 amide bonds. The van der Waals surface area contributed by atoms with Crippen molar-refractivity contribution >= 4 is 15.9 Å². The topological polar surface area (TPSA) is 79.0 Å². The van der Waals surface area contributed by atoms with Crippen molar-refractivity contribution in [2.24, 2.45) is 10.1 Å². The van der Waals surface area contributed by atoms with Gasteiger partial charge in [0.05, 0.1) is 0 Å². The molecule has 6 nitrogen and oxygen atoms in total. The fraction of sp³-hybridized carbons (Fsp3) is 0.500. The van der Waals surface area contributed by atoms with E-state index in [9.17, 15) is 8.42 Å². The molecule has 0 spiro atoms. The second kappa shape index (κ2) is 5.75. The maximum Gasteiger partial charge on any atom is 0.285 e. The maximum absolute atomic E-state index is 12.1. The van der Waals surface area contributed by atoms with Crippen LogP contribution in [0, 0.1) is 0 Å². The Labute approximate surface area is 125 Å². The van der Waals surface area contributed by atoms with Crippen molar-refractivity contribution in [2.75, 3.05) is 39.3 Å². The van der Waals surface area contributed by atoms with Gasteiger partial charge < -0.3 is 10.6 Å². The van der Waals surface area contributed by atoms with E-state index in [1.54, 1.807) is 12.1 Å². The van der Waals surface area contributed by atoms with Crippen LogP contribution in [-0.4, -0.2) is 63.3 Å². The van der Waals surface area contributed by atoms with Crippen molar-refractivity contribution in [3.8, 4) is 0 Å². The summed E-state index contributed by atoms with van der Waals surface area (Å²) in [4.78, 5) is 4.76. The van der Waals surface area contributed by atoms with E-state index >= 15 is 0 Å². The average Bonchev–Trinajstić information content (AvgIpc) is 2.78. The second-order valence-electron chi connectivity index (χ2n) is 5.36. The third kappa shape index (κ3) is 2.81. The zero-order chi connectivity index (χ0) is 14.9. The van der Waals surface area contributed by atoms with Gasteiger partial charge in [0.15, 0.2) is 5.84 Å². The average molecular weight is 308 g/mol. The van der Waals surface area contributed by atoms with E-state index in [1.165, 1.54) is 0 Å².